The van der Waals surface area contributed by atoms with Gasteiger partial charge in [0.1, 0.15) is 0 Å². The van der Waals surface area contributed by atoms with Gasteiger partial charge in [-0.2, -0.15) is 0 Å². The number of carboxylic acid groups (broad SMARTS) is 1. The van der Waals surface area contributed by atoms with Gasteiger partial charge in [0.05, 0.1) is 4.88 Å². The number of carbonyl (C=O) groups excluding carboxylic acids is 1. The summed E-state index contributed by atoms with van der Waals surface area (Å²) in [6, 6.07) is 2.10. The summed E-state index contributed by atoms with van der Waals surface area (Å²) in [5, 5.41) is 10.5. The molecule has 1 aliphatic carbocycles. The first-order valence-corrected chi connectivity index (χ1v) is 7.23. The van der Waals surface area contributed by atoms with Gasteiger partial charge >= 0.3 is 5.97 Å². The third-order valence-electron chi connectivity index (χ3n) is 3.49. The molecule has 1 heterocycles. The molecule has 4 nitrogen and oxygen atoms in total. The van der Waals surface area contributed by atoms with E-state index >= 15 is 0 Å². The van der Waals surface area contributed by atoms with E-state index in [-0.39, 0.29) is 5.91 Å². The van der Waals surface area contributed by atoms with Crippen LogP contribution in [0, 0.1) is 0 Å². The number of thiophene rings is 1. The van der Waals surface area contributed by atoms with Crippen molar-refractivity contribution in [1.29, 1.82) is 0 Å². The number of amides is 1. The van der Waals surface area contributed by atoms with Crippen molar-refractivity contribution in [3.63, 3.8) is 0 Å². The Bertz CT molecular complexity index is 501. The van der Waals surface area contributed by atoms with E-state index in [1.807, 2.05) is 12.4 Å². The predicted molar refractivity (Wildman–Crippen MR) is 75.3 cm³/mol. The number of rotatable bonds is 4. The van der Waals surface area contributed by atoms with Crippen LogP contribution in [0.15, 0.2) is 17.5 Å². The monoisotopic (exact) mass is 279 g/mol. The summed E-state index contributed by atoms with van der Waals surface area (Å²) in [5.41, 5.74) is 0.683. The lowest BCUT2D eigenvalue weighted by molar-refractivity contribution is -0.131. The molecule has 0 aromatic carbocycles. The minimum absolute atomic E-state index is 0.00746. The van der Waals surface area contributed by atoms with Crippen molar-refractivity contribution in [3.05, 3.63) is 28.0 Å². The van der Waals surface area contributed by atoms with Crippen molar-refractivity contribution >= 4 is 29.3 Å². The molecule has 1 aliphatic rings. The summed E-state index contributed by atoms with van der Waals surface area (Å²) in [5.74, 6) is -1.01. The third-order valence-corrected chi connectivity index (χ3v) is 4.41. The van der Waals surface area contributed by atoms with Gasteiger partial charge < -0.3 is 10.0 Å². The van der Waals surface area contributed by atoms with Crippen molar-refractivity contribution in [3.8, 4) is 0 Å². The van der Waals surface area contributed by atoms with Crippen LogP contribution in [0.3, 0.4) is 0 Å². The van der Waals surface area contributed by atoms with Crippen LogP contribution in [0.2, 0.25) is 0 Å². The smallest absolute Gasteiger partial charge is 0.328 e. The molecule has 0 aliphatic heterocycles. The summed E-state index contributed by atoms with van der Waals surface area (Å²) in [6.45, 7) is 0. The molecule has 0 radical (unpaired) electrons. The maximum atomic E-state index is 12.4. The lowest BCUT2D eigenvalue weighted by atomic mass is 10.2. The van der Waals surface area contributed by atoms with Crippen molar-refractivity contribution in [2.24, 2.45) is 0 Å². The first-order valence-electron chi connectivity index (χ1n) is 6.35. The standard InChI is InChI=1S/C14H17NO3S/c1-15(11-4-2-3-5-11)14(18)13-10(8-9-19-13)6-7-12(16)17/h6-9,11H,2-5H2,1H3,(H,16,17)/b7-6+. The van der Waals surface area contributed by atoms with Crippen LogP contribution in [0.4, 0.5) is 0 Å². The molecule has 2 rings (SSSR count). The maximum Gasteiger partial charge on any atom is 0.328 e. The molecule has 0 bridgehead atoms. The van der Waals surface area contributed by atoms with E-state index in [0.29, 0.717) is 16.5 Å². The molecule has 1 saturated carbocycles. The minimum atomic E-state index is -1.01. The van der Waals surface area contributed by atoms with Gasteiger partial charge in [-0.05, 0) is 35.9 Å². The predicted octanol–water partition coefficient (Wildman–Crippen LogP) is 2.86. The lowest BCUT2D eigenvalue weighted by Crippen LogP contribution is -2.35. The van der Waals surface area contributed by atoms with Crippen LogP contribution in [-0.4, -0.2) is 35.0 Å². The summed E-state index contributed by atoms with van der Waals surface area (Å²) < 4.78 is 0. The normalized spacial score (nSPS) is 16.1. The summed E-state index contributed by atoms with van der Waals surface area (Å²) >= 11 is 1.36. The van der Waals surface area contributed by atoms with Gasteiger partial charge in [0.25, 0.3) is 5.91 Å². The fourth-order valence-electron chi connectivity index (χ4n) is 2.40. The van der Waals surface area contributed by atoms with E-state index in [1.165, 1.54) is 30.3 Å². The molecule has 0 atom stereocenters. The molecule has 0 unspecified atom stereocenters. The third kappa shape index (κ3) is 3.23. The Kier molecular flexibility index (Phi) is 4.37. The molecule has 5 heteroatoms. The Morgan fingerprint density at radius 1 is 1.42 bits per heavy atom. The number of carboxylic acids is 1. The first-order chi connectivity index (χ1) is 9.09. The first kappa shape index (κ1) is 13.8. The molecule has 1 N–H and O–H groups in total. The van der Waals surface area contributed by atoms with Gasteiger partial charge in [-0.1, -0.05) is 12.8 Å². The van der Waals surface area contributed by atoms with Gasteiger partial charge in [-0.3, -0.25) is 4.79 Å². The maximum absolute atomic E-state index is 12.4. The second kappa shape index (κ2) is 6.02. The zero-order valence-electron chi connectivity index (χ0n) is 10.8. The molecule has 1 aromatic rings. The second-order valence-electron chi connectivity index (χ2n) is 4.73. The van der Waals surface area contributed by atoms with E-state index in [0.717, 1.165) is 18.9 Å². The van der Waals surface area contributed by atoms with Crippen LogP contribution in [0.1, 0.15) is 40.9 Å². The van der Waals surface area contributed by atoms with Crippen molar-refractivity contribution < 1.29 is 14.7 Å². The molecule has 0 saturated heterocycles. The van der Waals surface area contributed by atoms with E-state index < -0.39 is 5.97 Å². The minimum Gasteiger partial charge on any atom is -0.478 e. The SMILES string of the molecule is CN(C(=O)c1sccc1/C=C/C(=O)O)C1CCCC1. The van der Waals surface area contributed by atoms with Gasteiger partial charge in [-0.15, -0.1) is 11.3 Å². The summed E-state index contributed by atoms with van der Waals surface area (Å²) in [6.07, 6.45) is 7.03. The summed E-state index contributed by atoms with van der Waals surface area (Å²) in [4.78, 5) is 25.4. The number of nitrogens with zero attached hydrogens (tertiary/aromatic N) is 1. The highest BCUT2D eigenvalue weighted by Crippen LogP contribution is 2.26. The number of carbonyl (C=O) groups is 2. The highest BCUT2D eigenvalue weighted by atomic mass is 32.1. The Balaban J connectivity index is 2.14. The zero-order valence-corrected chi connectivity index (χ0v) is 11.7. The highest BCUT2D eigenvalue weighted by Gasteiger charge is 2.25. The Morgan fingerprint density at radius 3 is 2.74 bits per heavy atom. The average Bonchev–Trinajstić information content (AvgIpc) is 3.05. The zero-order chi connectivity index (χ0) is 13.8. The summed E-state index contributed by atoms with van der Waals surface area (Å²) in [7, 11) is 1.84. The van der Waals surface area contributed by atoms with Crippen LogP contribution < -0.4 is 0 Å². The Labute approximate surface area is 116 Å². The number of hydrogen-bond donors (Lipinski definition) is 1. The Hall–Kier alpha value is -1.62. The fourth-order valence-corrected chi connectivity index (χ4v) is 3.27. The van der Waals surface area contributed by atoms with Crippen LogP contribution in [-0.2, 0) is 4.79 Å². The fraction of sp³-hybridized carbons (Fsp3) is 0.429. The van der Waals surface area contributed by atoms with Gasteiger partial charge in [0.2, 0.25) is 0 Å². The largest absolute Gasteiger partial charge is 0.478 e. The van der Waals surface area contributed by atoms with E-state index in [9.17, 15) is 9.59 Å². The van der Waals surface area contributed by atoms with Gasteiger partial charge in [0, 0.05) is 19.2 Å². The van der Waals surface area contributed by atoms with Gasteiger partial charge in [0.15, 0.2) is 0 Å². The topological polar surface area (TPSA) is 57.6 Å². The average molecular weight is 279 g/mol. The number of aliphatic carboxylic acids is 1. The van der Waals surface area contributed by atoms with Crippen molar-refractivity contribution in [2.45, 2.75) is 31.7 Å². The number of hydrogen-bond acceptors (Lipinski definition) is 3. The van der Waals surface area contributed by atoms with Gasteiger partial charge in [-0.25, -0.2) is 4.79 Å². The molecular weight excluding hydrogens is 262 g/mol. The van der Waals surface area contributed by atoms with Crippen LogP contribution >= 0.6 is 11.3 Å². The quantitative estimate of drug-likeness (QED) is 0.862. The Morgan fingerprint density at radius 2 is 2.11 bits per heavy atom. The second-order valence-corrected chi connectivity index (χ2v) is 5.65. The molecule has 0 spiro atoms. The van der Waals surface area contributed by atoms with E-state index in [1.54, 1.807) is 11.0 Å². The van der Waals surface area contributed by atoms with Crippen LogP contribution in [0.5, 0.6) is 0 Å². The lowest BCUT2D eigenvalue weighted by Gasteiger charge is -2.24. The molecule has 1 fully saturated rings. The molecule has 19 heavy (non-hydrogen) atoms. The molecule has 1 amide bonds. The van der Waals surface area contributed by atoms with Crippen molar-refractivity contribution in [1.82, 2.24) is 4.90 Å². The van der Waals surface area contributed by atoms with E-state index in [4.69, 9.17) is 5.11 Å². The molecular formula is C14H17NO3S. The van der Waals surface area contributed by atoms with Crippen molar-refractivity contribution in [2.75, 3.05) is 7.05 Å². The molecule has 1 aromatic heterocycles. The highest BCUT2D eigenvalue weighted by molar-refractivity contribution is 7.12. The van der Waals surface area contributed by atoms with E-state index in [2.05, 4.69) is 0 Å². The van der Waals surface area contributed by atoms with Crippen LogP contribution in [0.25, 0.3) is 6.08 Å². The molecule has 102 valence electrons.